The summed E-state index contributed by atoms with van der Waals surface area (Å²) in [7, 11) is 0. The highest BCUT2D eigenvalue weighted by atomic mass is 16.6. The highest BCUT2D eigenvalue weighted by Crippen LogP contribution is 2.14. The minimum absolute atomic E-state index is 0.108. The standard InChI is InChI=1S/C77H120O6/c1-4-7-10-13-16-19-22-25-28-31-34-37-38-41-43-46-49-52-55-58-61-64-67-70-76(79)82-73-74(83-77(80)71-68-65-62-59-56-53-50-47-44-40-36-33-30-27-24-21-18-15-12-9-6-3)72-81-75(78)69-66-63-60-57-54-51-48-45-42-39-35-32-29-26-23-20-17-14-11-8-5-2/h7-12,16-21,25-30,34-37,39-41,43,47,49-50,52,74H,4-6,13-15,22-24,31-33,38,42,44-46,48,51,53-73H2,1-3H3/b10-7-,11-8-,12-9-,19-16-,20-17-,21-18-,28-25-,29-26-,30-27-,37-34-,39-35-,40-36-,43-41-,50-47-,52-49-. The van der Waals surface area contributed by atoms with E-state index in [0.29, 0.717) is 12.8 Å². The molecule has 0 aromatic carbocycles. The first-order valence-corrected chi connectivity index (χ1v) is 33.3. The van der Waals surface area contributed by atoms with Gasteiger partial charge in [0, 0.05) is 19.3 Å². The first kappa shape index (κ1) is 77.5. The number of allylic oxidation sites excluding steroid dienone is 30. The van der Waals surface area contributed by atoms with Crippen LogP contribution in [0, 0.1) is 0 Å². The summed E-state index contributed by atoms with van der Waals surface area (Å²) in [6.07, 6.45) is 103. The second-order valence-corrected chi connectivity index (χ2v) is 21.2. The molecule has 6 nitrogen and oxygen atoms in total. The van der Waals surface area contributed by atoms with Gasteiger partial charge in [-0.2, -0.15) is 0 Å². The van der Waals surface area contributed by atoms with E-state index in [-0.39, 0.29) is 37.5 Å². The van der Waals surface area contributed by atoms with Gasteiger partial charge >= 0.3 is 17.9 Å². The Hall–Kier alpha value is -5.49. The Bertz CT molecular complexity index is 1940. The number of esters is 3. The van der Waals surface area contributed by atoms with E-state index in [1.54, 1.807) is 0 Å². The van der Waals surface area contributed by atoms with Crippen LogP contribution in [-0.4, -0.2) is 37.2 Å². The van der Waals surface area contributed by atoms with Gasteiger partial charge in [-0.3, -0.25) is 14.4 Å². The van der Waals surface area contributed by atoms with Crippen LogP contribution in [0.3, 0.4) is 0 Å². The molecule has 0 radical (unpaired) electrons. The van der Waals surface area contributed by atoms with Crippen molar-refractivity contribution in [1.82, 2.24) is 0 Å². The van der Waals surface area contributed by atoms with Crippen molar-refractivity contribution in [3.05, 3.63) is 182 Å². The molecule has 0 saturated carbocycles. The van der Waals surface area contributed by atoms with Gasteiger partial charge in [0.1, 0.15) is 13.2 Å². The molecule has 83 heavy (non-hydrogen) atoms. The van der Waals surface area contributed by atoms with Crippen LogP contribution >= 0.6 is 0 Å². The Morgan fingerprint density at radius 2 is 0.434 bits per heavy atom. The van der Waals surface area contributed by atoms with Crippen LogP contribution in [0.5, 0.6) is 0 Å². The lowest BCUT2D eigenvalue weighted by Gasteiger charge is -2.18. The Morgan fingerprint density at radius 1 is 0.241 bits per heavy atom. The van der Waals surface area contributed by atoms with E-state index in [2.05, 4.69) is 203 Å². The fourth-order valence-corrected chi connectivity index (χ4v) is 8.52. The van der Waals surface area contributed by atoms with Crippen LogP contribution in [-0.2, 0) is 28.6 Å². The zero-order chi connectivity index (χ0) is 59.9. The summed E-state index contributed by atoms with van der Waals surface area (Å²) in [5.74, 6) is -0.964. The number of carbonyl (C=O) groups excluding carboxylic acids is 3. The van der Waals surface area contributed by atoms with E-state index >= 15 is 0 Å². The normalized spacial score (nSPS) is 13.3. The van der Waals surface area contributed by atoms with Crippen molar-refractivity contribution in [2.24, 2.45) is 0 Å². The van der Waals surface area contributed by atoms with E-state index in [4.69, 9.17) is 14.2 Å². The third kappa shape index (κ3) is 67.2. The maximum Gasteiger partial charge on any atom is 0.306 e. The molecule has 1 atom stereocenters. The molecule has 1 unspecified atom stereocenters. The number of rotatable bonds is 58. The number of hydrogen-bond donors (Lipinski definition) is 0. The molecule has 0 heterocycles. The van der Waals surface area contributed by atoms with E-state index in [1.165, 1.54) is 32.1 Å². The van der Waals surface area contributed by atoms with Gasteiger partial charge in [0.05, 0.1) is 0 Å². The molecule has 0 aliphatic rings. The molecule has 0 spiro atoms. The van der Waals surface area contributed by atoms with Crippen molar-refractivity contribution in [2.75, 3.05) is 13.2 Å². The summed E-state index contributed by atoms with van der Waals surface area (Å²) in [5, 5.41) is 0. The van der Waals surface area contributed by atoms with Gasteiger partial charge in [-0.1, -0.05) is 274 Å². The molecule has 0 rings (SSSR count). The Labute approximate surface area is 510 Å². The van der Waals surface area contributed by atoms with Gasteiger partial charge in [-0.05, 0) is 154 Å². The minimum atomic E-state index is -0.817. The molecule has 0 aliphatic carbocycles. The van der Waals surface area contributed by atoms with Gasteiger partial charge in [-0.15, -0.1) is 0 Å². The lowest BCUT2D eigenvalue weighted by Crippen LogP contribution is -2.30. The second kappa shape index (κ2) is 69.0. The number of hydrogen-bond acceptors (Lipinski definition) is 6. The largest absolute Gasteiger partial charge is 0.462 e. The first-order valence-electron chi connectivity index (χ1n) is 33.3. The lowest BCUT2D eigenvalue weighted by atomic mass is 10.1. The van der Waals surface area contributed by atoms with Crippen LogP contribution in [0.2, 0.25) is 0 Å². The summed E-state index contributed by atoms with van der Waals surface area (Å²) < 4.78 is 16.9. The van der Waals surface area contributed by atoms with Crippen molar-refractivity contribution >= 4 is 17.9 Å². The van der Waals surface area contributed by atoms with Gasteiger partial charge in [-0.25, -0.2) is 0 Å². The van der Waals surface area contributed by atoms with Crippen LogP contribution in [0.25, 0.3) is 0 Å². The summed E-state index contributed by atoms with van der Waals surface area (Å²) in [6.45, 7) is 6.25. The predicted molar refractivity (Wildman–Crippen MR) is 361 cm³/mol. The average Bonchev–Trinajstić information content (AvgIpc) is 3.49. The molecule has 0 aromatic heterocycles. The molecule has 464 valence electrons. The maximum atomic E-state index is 13.0. The number of ether oxygens (including phenoxy) is 3. The van der Waals surface area contributed by atoms with Crippen molar-refractivity contribution in [3.63, 3.8) is 0 Å². The zero-order valence-corrected chi connectivity index (χ0v) is 53.1. The molecule has 0 saturated heterocycles. The van der Waals surface area contributed by atoms with Crippen molar-refractivity contribution < 1.29 is 28.6 Å². The van der Waals surface area contributed by atoms with E-state index in [9.17, 15) is 14.4 Å². The maximum absolute atomic E-state index is 13.0. The zero-order valence-electron chi connectivity index (χ0n) is 53.1. The molecule has 0 bridgehead atoms. The smallest absolute Gasteiger partial charge is 0.306 e. The average molecular weight is 1140 g/mol. The molecule has 0 fully saturated rings. The van der Waals surface area contributed by atoms with E-state index in [0.717, 1.165) is 193 Å². The van der Waals surface area contributed by atoms with Crippen molar-refractivity contribution in [1.29, 1.82) is 0 Å². The lowest BCUT2D eigenvalue weighted by molar-refractivity contribution is -0.167. The molecular weight excluding hydrogens is 1020 g/mol. The van der Waals surface area contributed by atoms with Crippen LogP contribution in [0.4, 0.5) is 0 Å². The Morgan fingerprint density at radius 3 is 0.675 bits per heavy atom. The quantitative estimate of drug-likeness (QED) is 0.0261. The number of carbonyl (C=O) groups is 3. The molecule has 0 aliphatic heterocycles. The second-order valence-electron chi connectivity index (χ2n) is 21.2. The first-order chi connectivity index (χ1) is 41.0. The topological polar surface area (TPSA) is 78.9 Å². The molecule has 6 heteroatoms. The molecule has 0 N–H and O–H groups in total. The highest BCUT2D eigenvalue weighted by Gasteiger charge is 2.19. The number of unbranched alkanes of at least 4 members (excludes halogenated alkanes) is 17. The van der Waals surface area contributed by atoms with Crippen LogP contribution in [0.15, 0.2) is 182 Å². The van der Waals surface area contributed by atoms with Crippen molar-refractivity contribution in [2.45, 2.75) is 271 Å². The van der Waals surface area contributed by atoms with Gasteiger partial charge < -0.3 is 14.2 Å². The highest BCUT2D eigenvalue weighted by molar-refractivity contribution is 5.71. The fraction of sp³-hybridized carbons (Fsp3) is 0.571. The SMILES string of the molecule is CC/C=C\C/C=C\C/C=C\C/C=C\C/C=C\C/C=C\CCCCCCC(=O)OCC(COC(=O)CCCCCCCCCC/C=C\C/C=C\C/C=C\C/C=C\CC)OC(=O)CCCCCCC/C=C\C/C=C\C/C=C\C/C=C\C/C=C\CC. The van der Waals surface area contributed by atoms with Gasteiger partial charge in [0.25, 0.3) is 0 Å². The molecule has 0 amide bonds. The Balaban J connectivity index is 4.54. The summed E-state index contributed by atoms with van der Waals surface area (Å²) >= 11 is 0. The summed E-state index contributed by atoms with van der Waals surface area (Å²) in [4.78, 5) is 38.5. The van der Waals surface area contributed by atoms with E-state index < -0.39 is 6.10 Å². The summed E-state index contributed by atoms with van der Waals surface area (Å²) in [5.41, 5.74) is 0. The molecule has 0 aromatic rings. The van der Waals surface area contributed by atoms with Crippen molar-refractivity contribution in [3.8, 4) is 0 Å². The third-order valence-corrected chi connectivity index (χ3v) is 13.4. The van der Waals surface area contributed by atoms with Gasteiger partial charge in [0.15, 0.2) is 6.10 Å². The third-order valence-electron chi connectivity index (χ3n) is 13.4. The Kier molecular flexibility index (Phi) is 64.4. The van der Waals surface area contributed by atoms with Crippen LogP contribution in [0.1, 0.15) is 265 Å². The minimum Gasteiger partial charge on any atom is -0.462 e. The predicted octanol–water partition coefficient (Wildman–Crippen LogP) is 23.2. The summed E-state index contributed by atoms with van der Waals surface area (Å²) in [6, 6.07) is 0. The monoisotopic (exact) mass is 1140 g/mol. The van der Waals surface area contributed by atoms with Crippen LogP contribution < -0.4 is 0 Å². The van der Waals surface area contributed by atoms with Gasteiger partial charge in [0.2, 0.25) is 0 Å². The fourth-order valence-electron chi connectivity index (χ4n) is 8.52. The van der Waals surface area contributed by atoms with E-state index in [1.807, 2.05) is 0 Å². The molecular formula is C77H120O6.